The van der Waals surface area contributed by atoms with Crippen molar-refractivity contribution in [2.75, 3.05) is 18.0 Å². The smallest absolute Gasteiger partial charge is 0.226 e. The Hall–Kier alpha value is -2.30. The molecule has 1 aliphatic heterocycles. The number of piperidine rings is 1. The zero-order valence-corrected chi connectivity index (χ0v) is 12.2. The molecule has 1 aromatic rings. The monoisotopic (exact) mass is 286 g/mol. The Labute approximate surface area is 125 Å². The third-order valence-electron chi connectivity index (χ3n) is 3.43. The molecule has 1 amide bonds. The number of carbonyl (C=O) groups is 1. The van der Waals surface area contributed by atoms with Gasteiger partial charge in [0.2, 0.25) is 5.91 Å². The van der Waals surface area contributed by atoms with E-state index >= 15 is 0 Å². The van der Waals surface area contributed by atoms with Crippen molar-refractivity contribution in [1.82, 2.24) is 5.32 Å². The van der Waals surface area contributed by atoms with Crippen molar-refractivity contribution >= 4 is 17.6 Å². The summed E-state index contributed by atoms with van der Waals surface area (Å²) in [6, 6.07) is 7.92. The van der Waals surface area contributed by atoms with Gasteiger partial charge in [0.1, 0.15) is 0 Å². The van der Waals surface area contributed by atoms with Gasteiger partial charge in [0.15, 0.2) is 5.96 Å². The number of guanidine groups is 1. The molecule has 5 heteroatoms. The van der Waals surface area contributed by atoms with Crippen LogP contribution in [0.1, 0.15) is 24.8 Å². The maximum atomic E-state index is 11.9. The quantitative estimate of drug-likeness (QED) is 0.492. The second-order valence-corrected chi connectivity index (χ2v) is 5.04. The first kappa shape index (κ1) is 15.1. The Kier molecular flexibility index (Phi) is 5.37. The van der Waals surface area contributed by atoms with Crippen molar-refractivity contribution in [2.24, 2.45) is 10.7 Å². The summed E-state index contributed by atoms with van der Waals surface area (Å²) in [4.78, 5) is 18.0. The Bertz CT molecular complexity index is 522. The molecule has 0 saturated carbocycles. The molecule has 0 bridgehead atoms. The van der Waals surface area contributed by atoms with Crippen LogP contribution in [0.5, 0.6) is 0 Å². The Morgan fingerprint density at radius 1 is 1.38 bits per heavy atom. The van der Waals surface area contributed by atoms with Gasteiger partial charge in [0.25, 0.3) is 0 Å². The molecule has 21 heavy (non-hydrogen) atoms. The number of carbonyl (C=O) groups excluding carboxylic acids is 1. The van der Waals surface area contributed by atoms with Crippen LogP contribution in [0.25, 0.3) is 0 Å². The number of amides is 1. The van der Waals surface area contributed by atoms with Gasteiger partial charge in [-0.3, -0.25) is 4.79 Å². The van der Waals surface area contributed by atoms with Crippen LogP contribution in [-0.4, -0.2) is 25.0 Å². The van der Waals surface area contributed by atoms with Gasteiger partial charge in [-0.05, 0) is 30.5 Å². The fourth-order valence-electron chi connectivity index (χ4n) is 2.27. The van der Waals surface area contributed by atoms with E-state index in [0.717, 1.165) is 30.6 Å². The largest absolute Gasteiger partial charge is 0.370 e. The fraction of sp³-hybridized carbons (Fsp3) is 0.375. The van der Waals surface area contributed by atoms with Crippen LogP contribution in [0.3, 0.4) is 0 Å². The highest BCUT2D eigenvalue weighted by Gasteiger charge is 2.19. The number of benzene rings is 1. The molecular formula is C16H22N4O. The van der Waals surface area contributed by atoms with Crippen LogP contribution in [0, 0.1) is 0 Å². The summed E-state index contributed by atoms with van der Waals surface area (Å²) in [6.07, 6.45) is 4.45. The lowest BCUT2D eigenvalue weighted by atomic mass is 10.1. The highest BCUT2D eigenvalue weighted by molar-refractivity contribution is 5.93. The standard InChI is InChI=1S/C16H22N4O/c1-2-10-18-16(17)19-12-13-6-8-14(9-7-13)20-11-4-3-5-15(20)21/h2,6-9H,1,3-5,10-12H2,(H3,17,18,19). The van der Waals surface area contributed by atoms with Crippen molar-refractivity contribution < 1.29 is 4.79 Å². The van der Waals surface area contributed by atoms with E-state index in [4.69, 9.17) is 5.73 Å². The first-order chi connectivity index (χ1) is 10.2. The van der Waals surface area contributed by atoms with Crippen molar-refractivity contribution in [2.45, 2.75) is 25.8 Å². The predicted octanol–water partition coefficient (Wildman–Crippen LogP) is 1.79. The molecule has 2 rings (SSSR count). The number of anilines is 1. The summed E-state index contributed by atoms with van der Waals surface area (Å²) in [5.74, 6) is 0.620. The van der Waals surface area contributed by atoms with E-state index in [1.165, 1.54) is 0 Å². The molecule has 0 spiro atoms. The summed E-state index contributed by atoms with van der Waals surface area (Å²) >= 11 is 0. The van der Waals surface area contributed by atoms with E-state index < -0.39 is 0 Å². The number of hydrogen-bond acceptors (Lipinski definition) is 2. The molecule has 0 radical (unpaired) electrons. The van der Waals surface area contributed by atoms with E-state index in [1.807, 2.05) is 29.2 Å². The molecule has 1 aromatic carbocycles. The van der Waals surface area contributed by atoms with Gasteiger partial charge in [-0.1, -0.05) is 18.2 Å². The van der Waals surface area contributed by atoms with E-state index in [1.54, 1.807) is 6.08 Å². The summed E-state index contributed by atoms with van der Waals surface area (Å²) in [7, 11) is 0. The molecule has 112 valence electrons. The second-order valence-electron chi connectivity index (χ2n) is 5.04. The molecule has 0 unspecified atom stereocenters. The minimum Gasteiger partial charge on any atom is -0.370 e. The lowest BCUT2D eigenvalue weighted by Crippen LogP contribution is -2.35. The average molecular weight is 286 g/mol. The number of nitrogens with two attached hydrogens (primary N) is 1. The topological polar surface area (TPSA) is 70.7 Å². The second kappa shape index (κ2) is 7.47. The number of rotatable bonds is 5. The maximum Gasteiger partial charge on any atom is 0.226 e. The Morgan fingerprint density at radius 3 is 2.81 bits per heavy atom. The van der Waals surface area contributed by atoms with Crippen molar-refractivity contribution in [3.8, 4) is 0 Å². The van der Waals surface area contributed by atoms with Gasteiger partial charge in [-0.25, -0.2) is 4.99 Å². The molecule has 5 nitrogen and oxygen atoms in total. The molecule has 1 aliphatic rings. The molecule has 1 fully saturated rings. The van der Waals surface area contributed by atoms with Crippen LogP contribution in [0.15, 0.2) is 41.9 Å². The Balaban J connectivity index is 1.95. The minimum absolute atomic E-state index is 0.213. The summed E-state index contributed by atoms with van der Waals surface area (Å²) in [5.41, 5.74) is 7.74. The zero-order valence-electron chi connectivity index (χ0n) is 12.2. The molecule has 1 heterocycles. The number of hydrogen-bond donors (Lipinski definition) is 2. The van der Waals surface area contributed by atoms with Gasteiger partial charge in [0, 0.05) is 25.2 Å². The number of nitrogens with one attached hydrogen (secondary N) is 1. The van der Waals surface area contributed by atoms with E-state index in [2.05, 4.69) is 16.9 Å². The molecule has 0 aromatic heterocycles. The Morgan fingerprint density at radius 2 is 2.14 bits per heavy atom. The number of aliphatic imine (C=N–C) groups is 1. The third kappa shape index (κ3) is 4.34. The number of nitrogens with zero attached hydrogens (tertiary/aromatic N) is 2. The van der Waals surface area contributed by atoms with E-state index in [0.29, 0.717) is 25.5 Å². The van der Waals surface area contributed by atoms with E-state index in [9.17, 15) is 4.79 Å². The first-order valence-corrected chi connectivity index (χ1v) is 7.24. The van der Waals surface area contributed by atoms with Crippen molar-refractivity contribution in [3.63, 3.8) is 0 Å². The molecule has 3 N–H and O–H groups in total. The SMILES string of the molecule is C=CCNC(N)=NCc1ccc(N2CCCCC2=O)cc1. The minimum atomic E-state index is 0.213. The highest BCUT2D eigenvalue weighted by atomic mass is 16.2. The summed E-state index contributed by atoms with van der Waals surface area (Å²) in [5, 5.41) is 2.93. The predicted molar refractivity (Wildman–Crippen MR) is 86.2 cm³/mol. The van der Waals surface area contributed by atoms with Gasteiger partial charge in [-0.2, -0.15) is 0 Å². The van der Waals surface area contributed by atoms with E-state index in [-0.39, 0.29) is 5.91 Å². The summed E-state index contributed by atoms with van der Waals surface area (Å²) < 4.78 is 0. The molecule has 1 saturated heterocycles. The fourth-order valence-corrected chi connectivity index (χ4v) is 2.27. The maximum absolute atomic E-state index is 11.9. The zero-order chi connectivity index (χ0) is 15.1. The molecular weight excluding hydrogens is 264 g/mol. The van der Waals surface area contributed by atoms with Crippen LogP contribution in [0.4, 0.5) is 5.69 Å². The summed E-state index contributed by atoms with van der Waals surface area (Å²) in [6.45, 7) is 5.54. The van der Waals surface area contributed by atoms with Gasteiger partial charge in [-0.15, -0.1) is 6.58 Å². The van der Waals surface area contributed by atoms with Crippen LogP contribution in [-0.2, 0) is 11.3 Å². The van der Waals surface area contributed by atoms with Crippen LogP contribution >= 0.6 is 0 Å². The third-order valence-corrected chi connectivity index (χ3v) is 3.43. The average Bonchev–Trinajstić information content (AvgIpc) is 2.52. The van der Waals surface area contributed by atoms with Crippen molar-refractivity contribution in [3.05, 3.63) is 42.5 Å². The van der Waals surface area contributed by atoms with Crippen LogP contribution < -0.4 is 16.0 Å². The van der Waals surface area contributed by atoms with Crippen molar-refractivity contribution in [1.29, 1.82) is 0 Å². The lowest BCUT2D eigenvalue weighted by molar-refractivity contribution is -0.119. The molecule has 0 aliphatic carbocycles. The lowest BCUT2D eigenvalue weighted by Gasteiger charge is -2.26. The normalized spacial score (nSPS) is 15.9. The van der Waals surface area contributed by atoms with Gasteiger partial charge < -0.3 is 16.0 Å². The van der Waals surface area contributed by atoms with Crippen LogP contribution in [0.2, 0.25) is 0 Å². The molecule has 0 atom stereocenters. The van der Waals surface area contributed by atoms with Gasteiger partial charge in [0.05, 0.1) is 6.54 Å². The highest BCUT2D eigenvalue weighted by Crippen LogP contribution is 2.21. The van der Waals surface area contributed by atoms with Gasteiger partial charge >= 0.3 is 0 Å². The first-order valence-electron chi connectivity index (χ1n) is 7.24.